The summed E-state index contributed by atoms with van der Waals surface area (Å²) in [7, 11) is 0. The van der Waals surface area contributed by atoms with Crippen molar-refractivity contribution < 1.29 is 26.7 Å². The lowest BCUT2D eigenvalue weighted by Crippen LogP contribution is -3.00. The average Bonchev–Trinajstić information content (AvgIpc) is 2.68. The quantitative estimate of drug-likeness (QED) is 0.317. The van der Waals surface area contributed by atoms with Gasteiger partial charge in [-0.1, -0.05) is 84.0 Å². The Morgan fingerprint density at radius 3 is 1.82 bits per heavy atom. The molecule has 2 aromatic rings. The van der Waals surface area contributed by atoms with Gasteiger partial charge in [0.2, 0.25) is 5.52 Å². The average molecular weight is 451 g/mol. The highest BCUT2D eigenvalue weighted by Crippen LogP contribution is 2.17. The van der Waals surface area contributed by atoms with Crippen LogP contribution in [0.2, 0.25) is 0 Å². The van der Waals surface area contributed by atoms with E-state index in [1.54, 1.807) is 6.07 Å². The molecule has 2 rings (SSSR count). The van der Waals surface area contributed by atoms with Crippen molar-refractivity contribution in [2.45, 2.75) is 103 Å². The van der Waals surface area contributed by atoms with Crippen LogP contribution in [0.3, 0.4) is 0 Å². The third-order valence-electron chi connectivity index (χ3n) is 5.61. The van der Waals surface area contributed by atoms with Crippen LogP contribution in [-0.4, -0.2) is 5.11 Å². The molecule has 2 nitrogen and oxygen atoms in total. The van der Waals surface area contributed by atoms with Gasteiger partial charge in [-0.05, 0) is 24.6 Å². The second-order valence-corrected chi connectivity index (χ2v) is 8.04. The molecule has 0 unspecified atom stereocenters. The number of benzene rings is 1. The van der Waals surface area contributed by atoms with Crippen LogP contribution in [0.4, 0.5) is 0 Å². The molecule has 0 spiro atoms. The van der Waals surface area contributed by atoms with Gasteiger partial charge < -0.3 is 22.1 Å². The second-order valence-electron chi connectivity index (χ2n) is 8.04. The second kappa shape index (κ2) is 15.8. The maximum Gasteiger partial charge on any atom is 0.212 e. The number of hydrogen-bond donors (Lipinski definition) is 1. The van der Waals surface area contributed by atoms with Crippen molar-refractivity contribution in [1.82, 2.24) is 0 Å². The number of unbranched alkanes of at least 4 members (excludes halogenated alkanes) is 13. The highest BCUT2D eigenvalue weighted by Gasteiger charge is 2.08. The molecule has 0 bridgehead atoms. The van der Waals surface area contributed by atoms with E-state index in [1.807, 2.05) is 12.1 Å². The third kappa shape index (κ3) is 9.91. The molecular weight excluding hydrogens is 410 g/mol. The summed E-state index contributed by atoms with van der Waals surface area (Å²) < 4.78 is 2.31. The van der Waals surface area contributed by atoms with Gasteiger partial charge in [-0.25, -0.2) is 0 Å². The number of pyridine rings is 1. The number of aryl methyl sites for hydroxylation is 1. The van der Waals surface area contributed by atoms with Crippen LogP contribution in [0.1, 0.15) is 96.8 Å². The number of hydrogen-bond acceptors (Lipinski definition) is 1. The van der Waals surface area contributed by atoms with Crippen molar-refractivity contribution in [3.63, 3.8) is 0 Å². The van der Waals surface area contributed by atoms with E-state index in [-0.39, 0.29) is 17.0 Å². The smallest absolute Gasteiger partial charge is 0.212 e. The third-order valence-corrected chi connectivity index (χ3v) is 5.61. The van der Waals surface area contributed by atoms with E-state index in [0.717, 1.165) is 11.9 Å². The summed E-state index contributed by atoms with van der Waals surface area (Å²) >= 11 is 0. The lowest BCUT2D eigenvalue weighted by Gasteiger charge is -2.04. The van der Waals surface area contributed by atoms with Crippen LogP contribution in [0.25, 0.3) is 10.9 Å². The number of phenols is 1. The molecular formula is C25H40BrNO. The van der Waals surface area contributed by atoms with Crippen LogP contribution >= 0.6 is 0 Å². The SMILES string of the molecule is CCCCCCCCCCCCCCCC[n+]1cccc2cc(O)ccc21.[Br-]. The predicted molar refractivity (Wildman–Crippen MR) is 116 cm³/mol. The summed E-state index contributed by atoms with van der Waals surface area (Å²) in [6.45, 7) is 3.36. The molecule has 158 valence electrons. The molecule has 0 saturated heterocycles. The normalized spacial score (nSPS) is 10.9. The summed E-state index contributed by atoms with van der Waals surface area (Å²) in [5, 5.41) is 10.7. The maximum atomic E-state index is 9.62. The van der Waals surface area contributed by atoms with Crippen LogP contribution in [-0.2, 0) is 6.54 Å². The summed E-state index contributed by atoms with van der Waals surface area (Å²) in [5.74, 6) is 0.344. The Morgan fingerprint density at radius 1 is 0.714 bits per heavy atom. The number of rotatable bonds is 15. The lowest BCUT2D eigenvalue weighted by atomic mass is 10.0. The van der Waals surface area contributed by atoms with E-state index >= 15 is 0 Å². The minimum atomic E-state index is 0. The molecule has 0 atom stereocenters. The summed E-state index contributed by atoms with van der Waals surface area (Å²) in [6, 6.07) is 9.79. The van der Waals surface area contributed by atoms with E-state index in [0.29, 0.717) is 5.75 Å². The molecule has 0 aliphatic rings. The zero-order valence-electron chi connectivity index (χ0n) is 17.8. The zero-order chi connectivity index (χ0) is 19.2. The molecule has 0 fully saturated rings. The molecule has 0 aliphatic heterocycles. The highest BCUT2D eigenvalue weighted by molar-refractivity contribution is 5.76. The fourth-order valence-corrected chi connectivity index (χ4v) is 3.94. The fraction of sp³-hybridized carbons (Fsp3) is 0.640. The first-order chi connectivity index (χ1) is 13.3. The van der Waals surface area contributed by atoms with Gasteiger partial charge in [-0.3, -0.25) is 0 Å². The number of aromatic nitrogens is 1. The van der Waals surface area contributed by atoms with E-state index in [1.165, 1.54) is 95.4 Å². The number of nitrogens with zero attached hydrogens (tertiary/aromatic N) is 1. The van der Waals surface area contributed by atoms with Crippen molar-refractivity contribution in [2.75, 3.05) is 0 Å². The van der Waals surface area contributed by atoms with Gasteiger partial charge in [0.25, 0.3) is 0 Å². The van der Waals surface area contributed by atoms with Crippen LogP contribution in [0, 0.1) is 0 Å². The van der Waals surface area contributed by atoms with Crippen molar-refractivity contribution in [1.29, 1.82) is 0 Å². The van der Waals surface area contributed by atoms with Crippen molar-refractivity contribution >= 4 is 10.9 Å². The molecule has 1 aromatic heterocycles. The van der Waals surface area contributed by atoms with Gasteiger partial charge in [-0.15, -0.1) is 0 Å². The minimum Gasteiger partial charge on any atom is -1.00 e. The van der Waals surface area contributed by atoms with E-state index in [9.17, 15) is 5.11 Å². The Bertz CT molecular complexity index is 643. The van der Waals surface area contributed by atoms with Gasteiger partial charge in [0.1, 0.15) is 12.3 Å². The number of phenolic OH excluding ortho intramolecular Hbond substituents is 1. The van der Waals surface area contributed by atoms with Crippen LogP contribution in [0.5, 0.6) is 5.75 Å². The van der Waals surface area contributed by atoms with Gasteiger partial charge in [0.15, 0.2) is 6.20 Å². The molecule has 3 heteroatoms. The lowest BCUT2D eigenvalue weighted by molar-refractivity contribution is -0.671. The highest BCUT2D eigenvalue weighted by atomic mass is 79.9. The van der Waals surface area contributed by atoms with Gasteiger partial charge in [0, 0.05) is 18.6 Å². The molecule has 0 radical (unpaired) electrons. The van der Waals surface area contributed by atoms with Gasteiger partial charge >= 0.3 is 0 Å². The monoisotopic (exact) mass is 449 g/mol. The zero-order valence-corrected chi connectivity index (χ0v) is 19.4. The molecule has 1 heterocycles. The first-order valence-corrected chi connectivity index (χ1v) is 11.4. The first-order valence-electron chi connectivity index (χ1n) is 11.4. The van der Waals surface area contributed by atoms with Gasteiger partial charge in [0.05, 0.1) is 5.39 Å². The molecule has 28 heavy (non-hydrogen) atoms. The molecule has 1 aromatic carbocycles. The van der Waals surface area contributed by atoms with Crippen molar-refractivity contribution in [3.05, 3.63) is 36.5 Å². The molecule has 0 saturated carbocycles. The van der Waals surface area contributed by atoms with E-state index in [4.69, 9.17) is 0 Å². The number of fused-ring (bicyclic) bond motifs is 1. The standard InChI is InChI=1S/C25H39NO.BrH/c1-2-3-4-5-6-7-8-9-10-11-12-13-14-15-20-26-21-16-17-23-22-24(27)18-19-25(23)26;/h16-19,21-22H,2-15,20H2,1H3;1H. The van der Waals surface area contributed by atoms with Crippen molar-refractivity contribution in [3.8, 4) is 5.75 Å². The summed E-state index contributed by atoms with van der Waals surface area (Å²) in [4.78, 5) is 0. The fourth-order valence-electron chi connectivity index (χ4n) is 3.94. The van der Waals surface area contributed by atoms with Crippen molar-refractivity contribution in [2.24, 2.45) is 0 Å². The minimum absolute atomic E-state index is 0. The summed E-state index contributed by atoms with van der Waals surface area (Å²) in [5.41, 5.74) is 1.21. The Morgan fingerprint density at radius 2 is 1.25 bits per heavy atom. The topological polar surface area (TPSA) is 24.1 Å². The Kier molecular flexibility index (Phi) is 14.1. The molecule has 0 amide bonds. The van der Waals surface area contributed by atoms with Gasteiger partial charge in [-0.2, -0.15) is 4.57 Å². The Hall–Kier alpha value is -1.09. The summed E-state index contributed by atoms with van der Waals surface area (Å²) in [6.07, 6.45) is 21.7. The van der Waals surface area contributed by atoms with E-state index in [2.05, 4.69) is 29.8 Å². The van der Waals surface area contributed by atoms with E-state index < -0.39 is 0 Å². The number of halogens is 1. The maximum absolute atomic E-state index is 9.62. The predicted octanol–water partition coefficient (Wildman–Crippen LogP) is 4.32. The largest absolute Gasteiger partial charge is 1.00 e. The van der Waals surface area contributed by atoms with Crippen LogP contribution in [0.15, 0.2) is 36.5 Å². The number of aromatic hydroxyl groups is 1. The first kappa shape index (κ1) is 24.9. The molecule has 0 aliphatic carbocycles. The Labute approximate surface area is 183 Å². The Balaban J connectivity index is 0.00000392. The van der Waals surface area contributed by atoms with Crippen LogP contribution < -0.4 is 21.5 Å². The molecule has 1 N–H and O–H groups in total.